The summed E-state index contributed by atoms with van der Waals surface area (Å²) in [5.74, 6) is 1.12. The van der Waals surface area contributed by atoms with E-state index in [4.69, 9.17) is 4.74 Å². The molecule has 130 valence electrons. The smallest absolute Gasteiger partial charge is 0.267 e. The van der Waals surface area contributed by atoms with Crippen molar-refractivity contribution < 1.29 is 4.74 Å². The molecule has 1 aromatic heterocycles. The molecule has 25 heavy (non-hydrogen) atoms. The second kappa shape index (κ2) is 7.43. The van der Waals surface area contributed by atoms with Gasteiger partial charge in [0.1, 0.15) is 12.4 Å². The molecule has 2 aromatic carbocycles. The number of aryl methyl sites for hydroxylation is 1. The summed E-state index contributed by atoms with van der Waals surface area (Å²) in [6.45, 7) is 6.77. The number of hydrogen-bond acceptors (Lipinski definition) is 2. The van der Waals surface area contributed by atoms with Gasteiger partial charge >= 0.3 is 0 Å². The average Bonchev–Trinajstić information content (AvgIpc) is 2.97. The Labute approximate surface area is 147 Å². The van der Waals surface area contributed by atoms with E-state index >= 15 is 0 Å². The first kappa shape index (κ1) is 17.1. The van der Waals surface area contributed by atoms with Crippen molar-refractivity contribution in [3.63, 3.8) is 0 Å². The maximum atomic E-state index is 12.1. The molecular weight excluding hydrogens is 312 g/mol. The van der Waals surface area contributed by atoms with Gasteiger partial charge in [-0.2, -0.15) is 0 Å². The summed E-state index contributed by atoms with van der Waals surface area (Å²) >= 11 is 0. The number of hydrogen-bond donors (Lipinski definition) is 2. The molecule has 0 saturated heterocycles. The Kier molecular flexibility index (Phi) is 5.08. The Morgan fingerprint density at radius 3 is 2.48 bits per heavy atom. The summed E-state index contributed by atoms with van der Waals surface area (Å²) in [6, 6.07) is 16.2. The van der Waals surface area contributed by atoms with Crippen LogP contribution in [0.4, 0.5) is 0 Å². The summed E-state index contributed by atoms with van der Waals surface area (Å²) in [5.41, 5.74) is 5.17. The number of benzene rings is 2. The van der Waals surface area contributed by atoms with Crippen molar-refractivity contribution in [1.29, 1.82) is 0 Å². The lowest BCUT2D eigenvalue weighted by Gasteiger charge is -2.11. The van der Waals surface area contributed by atoms with Crippen molar-refractivity contribution in [2.45, 2.75) is 39.7 Å². The highest BCUT2D eigenvalue weighted by atomic mass is 16.5. The van der Waals surface area contributed by atoms with Crippen LogP contribution in [0.1, 0.15) is 47.7 Å². The third-order valence-electron chi connectivity index (χ3n) is 4.42. The highest BCUT2D eigenvalue weighted by molar-refractivity contribution is 5.38. The van der Waals surface area contributed by atoms with Gasteiger partial charge in [0.05, 0.1) is 0 Å². The standard InChI is InChI=1S/C21H24N2O2/c1-14(2)20-19(21(24)23-22-20)12-17-9-10-18(11-15(17)3)25-13-16-7-5-4-6-8-16/h4-11,14H,12-13H2,1-3H3,(H2,22,23,24). The molecule has 0 radical (unpaired) electrons. The normalized spacial score (nSPS) is 11.0. The van der Waals surface area contributed by atoms with Crippen LogP contribution in [0.15, 0.2) is 53.3 Å². The molecule has 3 rings (SSSR count). The Balaban J connectivity index is 1.74. The van der Waals surface area contributed by atoms with Crippen LogP contribution >= 0.6 is 0 Å². The van der Waals surface area contributed by atoms with Crippen LogP contribution in [0.5, 0.6) is 5.75 Å². The van der Waals surface area contributed by atoms with Crippen molar-refractivity contribution >= 4 is 0 Å². The van der Waals surface area contributed by atoms with Crippen LogP contribution in [-0.4, -0.2) is 10.2 Å². The van der Waals surface area contributed by atoms with Gasteiger partial charge in [0.25, 0.3) is 5.56 Å². The molecule has 0 atom stereocenters. The maximum Gasteiger partial charge on any atom is 0.267 e. The predicted molar refractivity (Wildman–Crippen MR) is 100 cm³/mol. The van der Waals surface area contributed by atoms with Gasteiger partial charge in [0.15, 0.2) is 0 Å². The largest absolute Gasteiger partial charge is 0.489 e. The zero-order valence-electron chi connectivity index (χ0n) is 14.9. The van der Waals surface area contributed by atoms with E-state index in [9.17, 15) is 4.79 Å². The summed E-state index contributed by atoms with van der Waals surface area (Å²) in [4.78, 5) is 12.1. The summed E-state index contributed by atoms with van der Waals surface area (Å²) in [6.07, 6.45) is 0.622. The van der Waals surface area contributed by atoms with Gasteiger partial charge in [0.2, 0.25) is 0 Å². The van der Waals surface area contributed by atoms with Gasteiger partial charge in [-0.15, -0.1) is 0 Å². The molecule has 1 heterocycles. The second-order valence-corrected chi connectivity index (χ2v) is 6.67. The molecule has 0 aliphatic rings. The number of aromatic amines is 2. The Hall–Kier alpha value is -2.75. The molecule has 0 spiro atoms. The van der Waals surface area contributed by atoms with Crippen LogP contribution in [0.2, 0.25) is 0 Å². The van der Waals surface area contributed by atoms with Crippen molar-refractivity contribution in [2.24, 2.45) is 0 Å². The Bertz CT molecular complexity index is 892. The summed E-state index contributed by atoms with van der Waals surface area (Å²) in [7, 11) is 0. The Morgan fingerprint density at radius 1 is 1.04 bits per heavy atom. The molecule has 4 heteroatoms. The van der Waals surface area contributed by atoms with E-state index in [0.717, 1.165) is 33.7 Å². The van der Waals surface area contributed by atoms with E-state index in [-0.39, 0.29) is 11.5 Å². The molecule has 0 saturated carbocycles. The van der Waals surface area contributed by atoms with E-state index in [1.165, 1.54) is 0 Å². The van der Waals surface area contributed by atoms with Gasteiger partial charge < -0.3 is 9.84 Å². The van der Waals surface area contributed by atoms with Gasteiger partial charge in [-0.25, -0.2) is 0 Å². The number of H-pyrrole nitrogens is 2. The SMILES string of the molecule is Cc1cc(OCc2ccccc2)ccc1Cc1c(C(C)C)[nH][nH]c1=O. The highest BCUT2D eigenvalue weighted by Gasteiger charge is 2.14. The molecule has 4 nitrogen and oxygen atoms in total. The van der Waals surface area contributed by atoms with Gasteiger partial charge in [0, 0.05) is 17.7 Å². The first-order valence-corrected chi connectivity index (χ1v) is 8.60. The van der Waals surface area contributed by atoms with Gasteiger partial charge in [-0.3, -0.25) is 9.89 Å². The minimum atomic E-state index is -0.0347. The fraction of sp³-hybridized carbons (Fsp3) is 0.286. The highest BCUT2D eigenvalue weighted by Crippen LogP contribution is 2.22. The fourth-order valence-corrected chi connectivity index (χ4v) is 2.95. The lowest BCUT2D eigenvalue weighted by Crippen LogP contribution is -2.09. The number of ether oxygens (including phenoxy) is 1. The molecule has 0 fully saturated rings. The summed E-state index contributed by atoms with van der Waals surface area (Å²) in [5, 5.41) is 5.70. The molecule has 2 N–H and O–H groups in total. The second-order valence-electron chi connectivity index (χ2n) is 6.67. The van der Waals surface area contributed by atoms with Crippen LogP contribution < -0.4 is 10.3 Å². The van der Waals surface area contributed by atoms with E-state index in [2.05, 4.69) is 31.0 Å². The van der Waals surface area contributed by atoms with Gasteiger partial charge in [-0.05, 0) is 41.7 Å². The lowest BCUT2D eigenvalue weighted by molar-refractivity contribution is 0.306. The first-order valence-electron chi connectivity index (χ1n) is 8.60. The van der Waals surface area contributed by atoms with Crippen LogP contribution in [0.3, 0.4) is 0 Å². The predicted octanol–water partition coefficient (Wildman–Crippen LogP) is 4.30. The average molecular weight is 336 g/mol. The molecule has 3 aromatic rings. The van der Waals surface area contributed by atoms with E-state index in [1.807, 2.05) is 48.5 Å². The zero-order chi connectivity index (χ0) is 17.8. The summed E-state index contributed by atoms with van der Waals surface area (Å²) < 4.78 is 5.87. The fourth-order valence-electron chi connectivity index (χ4n) is 2.95. The molecule has 0 amide bonds. The van der Waals surface area contributed by atoms with Crippen molar-refractivity contribution in [3.05, 3.63) is 86.8 Å². The minimum Gasteiger partial charge on any atom is -0.489 e. The van der Waals surface area contributed by atoms with Crippen LogP contribution in [-0.2, 0) is 13.0 Å². The quantitative estimate of drug-likeness (QED) is 0.705. The number of aromatic nitrogens is 2. The third kappa shape index (κ3) is 4.02. The van der Waals surface area contributed by atoms with Crippen LogP contribution in [0.25, 0.3) is 0 Å². The molecule has 0 bridgehead atoms. The molecule has 0 aliphatic carbocycles. The molecule has 0 unspecified atom stereocenters. The van der Waals surface area contributed by atoms with Crippen molar-refractivity contribution in [3.8, 4) is 5.75 Å². The molecule has 0 aliphatic heterocycles. The van der Waals surface area contributed by atoms with Crippen LogP contribution in [0, 0.1) is 6.92 Å². The van der Waals surface area contributed by atoms with E-state index in [1.54, 1.807) is 0 Å². The Morgan fingerprint density at radius 2 is 1.80 bits per heavy atom. The van der Waals surface area contributed by atoms with E-state index in [0.29, 0.717) is 13.0 Å². The minimum absolute atomic E-state index is 0.0347. The zero-order valence-corrected chi connectivity index (χ0v) is 14.9. The number of nitrogens with one attached hydrogen (secondary N) is 2. The maximum absolute atomic E-state index is 12.1. The third-order valence-corrected chi connectivity index (χ3v) is 4.42. The molecular formula is C21H24N2O2. The van der Waals surface area contributed by atoms with Crippen molar-refractivity contribution in [2.75, 3.05) is 0 Å². The lowest BCUT2D eigenvalue weighted by atomic mass is 9.97. The number of rotatable bonds is 6. The topological polar surface area (TPSA) is 57.9 Å². The van der Waals surface area contributed by atoms with Gasteiger partial charge in [-0.1, -0.05) is 50.2 Å². The van der Waals surface area contributed by atoms with Crippen molar-refractivity contribution in [1.82, 2.24) is 10.2 Å². The van der Waals surface area contributed by atoms with E-state index < -0.39 is 0 Å². The monoisotopic (exact) mass is 336 g/mol. The first-order chi connectivity index (χ1) is 12.0.